The number of nitrogens with one attached hydrogen (secondary N) is 2. The largest absolute Gasteiger partial charge is 0.326 e. The van der Waals surface area contributed by atoms with Gasteiger partial charge in [-0.1, -0.05) is 20.8 Å². The van der Waals surface area contributed by atoms with Gasteiger partial charge in [-0.3, -0.25) is 4.79 Å². The van der Waals surface area contributed by atoms with Gasteiger partial charge >= 0.3 is 0 Å². The Morgan fingerprint density at radius 3 is 2.14 bits per heavy atom. The van der Waals surface area contributed by atoms with E-state index in [1.807, 2.05) is 20.8 Å². The van der Waals surface area contributed by atoms with E-state index in [0.717, 1.165) is 6.42 Å². The maximum atomic E-state index is 12.1. The van der Waals surface area contributed by atoms with Crippen molar-refractivity contribution in [2.24, 2.45) is 5.41 Å². The van der Waals surface area contributed by atoms with Gasteiger partial charge in [0, 0.05) is 17.1 Å². The summed E-state index contributed by atoms with van der Waals surface area (Å²) in [6.45, 7) is 9.21. The first kappa shape index (κ1) is 17.7. The molecule has 1 aromatic rings. The Bertz CT molecular complexity index is 590. The highest BCUT2D eigenvalue weighted by Crippen LogP contribution is 2.23. The lowest BCUT2D eigenvalue weighted by molar-refractivity contribution is -0.124. The molecule has 0 saturated carbocycles. The van der Waals surface area contributed by atoms with Gasteiger partial charge in [-0.05, 0) is 44.5 Å². The van der Waals surface area contributed by atoms with Gasteiger partial charge in [0.2, 0.25) is 15.9 Å². The Morgan fingerprint density at radius 2 is 1.71 bits per heavy atom. The Balaban J connectivity index is 2.87. The predicted octanol–water partition coefficient (Wildman–Crippen LogP) is 2.75. The number of carbonyl (C=O) groups excluding carboxylic acids is 1. The zero-order chi connectivity index (χ0) is 16.3. The second-order valence-corrected chi connectivity index (χ2v) is 7.71. The van der Waals surface area contributed by atoms with Crippen molar-refractivity contribution in [3.05, 3.63) is 24.3 Å². The normalized spacial score (nSPS) is 12.5. The molecule has 0 aliphatic rings. The van der Waals surface area contributed by atoms with E-state index < -0.39 is 15.4 Å². The molecule has 1 aromatic carbocycles. The summed E-state index contributed by atoms with van der Waals surface area (Å²) in [5.41, 5.74) is 0.134. The zero-order valence-electron chi connectivity index (χ0n) is 13.2. The lowest BCUT2D eigenvalue weighted by atomic mass is 9.89. The van der Waals surface area contributed by atoms with E-state index in [2.05, 4.69) is 10.0 Å². The minimum atomic E-state index is -3.50. The molecular formula is C15H24N2O3S. The maximum absolute atomic E-state index is 12.1. The molecule has 21 heavy (non-hydrogen) atoms. The fourth-order valence-corrected chi connectivity index (χ4v) is 2.81. The van der Waals surface area contributed by atoms with Crippen LogP contribution in [0.3, 0.4) is 0 Å². The van der Waals surface area contributed by atoms with Crippen molar-refractivity contribution in [1.82, 2.24) is 4.72 Å². The number of amides is 1. The molecule has 2 N–H and O–H groups in total. The maximum Gasteiger partial charge on any atom is 0.240 e. The van der Waals surface area contributed by atoms with Crippen molar-refractivity contribution in [3.63, 3.8) is 0 Å². The Hall–Kier alpha value is -1.40. The molecule has 6 heteroatoms. The summed E-state index contributed by atoms with van der Waals surface area (Å²) in [6, 6.07) is 6.00. The van der Waals surface area contributed by atoms with Gasteiger partial charge in [-0.2, -0.15) is 0 Å². The van der Waals surface area contributed by atoms with E-state index >= 15 is 0 Å². The summed E-state index contributed by atoms with van der Waals surface area (Å²) < 4.78 is 26.5. The van der Waals surface area contributed by atoms with Crippen LogP contribution in [0.5, 0.6) is 0 Å². The highest BCUT2D eigenvalue weighted by atomic mass is 32.2. The fourth-order valence-electron chi connectivity index (χ4n) is 1.56. The zero-order valence-corrected chi connectivity index (χ0v) is 14.0. The van der Waals surface area contributed by atoms with Gasteiger partial charge < -0.3 is 5.32 Å². The van der Waals surface area contributed by atoms with Crippen LogP contribution in [0.25, 0.3) is 0 Å². The second kappa shape index (κ2) is 6.58. The van der Waals surface area contributed by atoms with E-state index in [1.165, 1.54) is 12.1 Å². The molecule has 5 nitrogen and oxygen atoms in total. The van der Waals surface area contributed by atoms with Crippen LogP contribution in [0.2, 0.25) is 0 Å². The summed E-state index contributed by atoms with van der Waals surface area (Å²) in [5, 5.41) is 2.80. The van der Waals surface area contributed by atoms with Crippen LogP contribution in [0.4, 0.5) is 5.69 Å². The van der Waals surface area contributed by atoms with Gasteiger partial charge in [-0.15, -0.1) is 0 Å². The predicted molar refractivity (Wildman–Crippen MR) is 84.6 cm³/mol. The molecule has 0 spiro atoms. The SMILES string of the molecule is CCC(C)(C)C(=O)Nc1ccc(S(=O)(=O)NC(C)C)cc1. The molecule has 0 aliphatic heterocycles. The summed E-state index contributed by atoms with van der Waals surface area (Å²) >= 11 is 0. The Labute approximate surface area is 127 Å². The van der Waals surface area contributed by atoms with Crippen molar-refractivity contribution < 1.29 is 13.2 Å². The van der Waals surface area contributed by atoms with Crippen LogP contribution in [0, 0.1) is 5.41 Å². The van der Waals surface area contributed by atoms with E-state index in [-0.39, 0.29) is 16.8 Å². The summed E-state index contributed by atoms with van der Waals surface area (Å²) in [6.07, 6.45) is 0.726. The molecule has 118 valence electrons. The van der Waals surface area contributed by atoms with E-state index in [9.17, 15) is 13.2 Å². The molecule has 0 bridgehead atoms. The number of anilines is 1. The van der Waals surface area contributed by atoms with Crippen molar-refractivity contribution in [1.29, 1.82) is 0 Å². The van der Waals surface area contributed by atoms with E-state index in [4.69, 9.17) is 0 Å². The lowest BCUT2D eigenvalue weighted by Gasteiger charge is -2.21. The lowest BCUT2D eigenvalue weighted by Crippen LogP contribution is -2.30. The molecule has 1 amide bonds. The van der Waals surface area contributed by atoms with Crippen LogP contribution in [-0.4, -0.2) is 20.4 Å². The molecule has 1 rings (SSSR count). The first-order valence-corrected chi connectivity index (χ1v) is 8.50. The fraction of sp³-hybridized carbons (Fsp3) is 0.533. The molecule has 0 fully saturated rings. The van der Waals surface area contributed by atoms with Gasteiger partial charge in [0.05, 0.1) is 4.90 Å². The van der Waals surface area contributed by atoms with Gasteiger partial charge in [0.15, 0.2) is 0 Å². The average molecular weight is 312 g/mol. The average Bonchev–Trinajstić information content (AvgIpc) is 2.37. The molecule has 0 saturated heterocycles. The van der Waals surface area contributed by atoms with Crippen molar-refractivity contribution in [3.8, 4) is 0 Å². The molecule has 0 aliphatic carbocycles. The second-order valence-electron chi connectivity index (χ2n) is 5.99. The van der Waals surface area contributed by atoms with E-state index in [0.29, 0.717) is 5.69 Å². The van der Waals surface area contributed by atoms with Crippen molar-refractivity contribution in [2.45, 2.75) is 52.0 Å². The first-order valence-electron chi connectivity index (χ1n) is 7.02. The van der Waals surface area contributed by atoms with Crippen LogP contribution < -0.4 is 10.0 Å². The number of rotatable bonds is 6. The highest BCUT2D eigenvalue weighted by Gasteiger charge is 2.25. The monoisotopic (exact) mass is 312 g/mol. The van der Waals surface area contributed by atoms with Crippen LogP contribution in [0.15, 0.2) is 29.2 Å². The summed E-state index contributed by atoms with van der Waals surface area (Å²) in [4.78, 5) is 12.2. The highest BCUT2D eigenvalue weighted by molar-refractivity contribution is 7.89. The minimum absolute atomic E-state index is 0.0825. The standard InChI is InChI=1S/C15H24N2O3S/c1-6-15(4,5)14(18)16-12-7-9-13(10-8-12)21(19,20)17-11(2)3/h7-11,17H,6H2,1-5H3,(H,16,18). The van der Waals surface area contributed by atoms with E-state index in [1.54, 1.807) is 26.0 Å². The topological polar surface area (TPSA) is 75.3 Å². The number of carbonyl (C=O) groups is 1. The third-order valence-electron chi connectivity index (χ3n) is 3.31. The first-order chi connectivity index (χ1) is 9.58. The van der Waals surface area contributed by atoms with Crippen LogP contribution in [-0.2, 0) is 14.8 Å². The van der Waals surface area contributed by atoms with Crippen LogP contribution >= 0.6 is 0 Å². The summed E-state index contributed by atoms with van der Waals surface area (Å²) in [7, 11) is -3.50. The van der Waals surface area contributed by atoms with Gasteiger partial charge in [-0.25, -0.2) is 13.1 Å². The molecule has 0 atom stereocenters. The summed E-state index contributed by atoms with van der Waals surface area (Å²) in [5.74, 6) is -0.0825. The number of hydrogen-bond acceptors (Lipinski definition) is 3. The third-order valence-corrected chi connectivity index (χ3v) is 4.99. The van der Waals surface area contributed by atoms with Gasteiger partial charge in [0.1, 0.15) is 0 Å². The Morgan fingerprint density at radius 1 is 1.19 bits per heavy atom. The van der Waals surface area contributed by atoms with Crippen LogP contribution in [0.1, 0.15) is 41.0 Å². The molecular weight excluding hydrogens is 288 g/mol. The minimum Gasteiger partial charge on any atom is -0.326 e. The number of benzene rings is 1. The van der Waals surface area contributed by atoms with Gasteiger partial charge in [0.25, 0.3) is 0 Å². The van der Waals surface area contributed by atoms with Crippen molar-refractivity contribution in [2.75, 3.05) is 5.32 Å². The molecule has 0 heterocycles. The molecule has 0 radical (unpaired) electrons. The number of hydrogen-bond donors (Lipinski definition) is 2. The smallest absolute Gasteiger partial charge is 0.240 e. The quantitative estimate of drug-likeness (QED) is 0.848. The Kier molecular flexibility index (Phi) is 5.53. The molecule has 0 aromatic heterocycles. The molecule has 0 unspecified atom stereocenters. The van der Waals surface area contributed by atoms with Crippen molar-refractivity contribution >= 4 is 21.6 Å². The number of sulfonamides is 1. The third kappa shape index (κ3) is 4.82.